The molecule has 0 aromatic carbocycles. The highest BCUT2D eigenvalue weighted by molar-refractivity contribution is 6.74. The lowest BCUT2D eigenvalue weighted by atomic mass is 9.84. The standard InChI is InChI=1S/C13H30O2Si/c1-8-13(9-2,10-14)11-15-16(6,7)12(3,4)5/h14H,8-11H2,1-7H3. The lowest BCUT2D eigenvalue weighted by Gasteiger charge is -2.40. The van der Waals surface area contributed by atoms with Crippen LogP contribution in [0.4, 0.5) is 0 Å². The Morgan fingerprint density at radius 1 is 1.06 bits per heavy atom. The lowest BCUT2D eigenvalue weighted by molar-refractivity contribution is 0.0529. The van der Waals surface area contributed by atoms with E-state index in [0.29, 0.717) is 6.61 Å². The second kappa shape index (κ2) is 5.65. The molecule has 0 aromatic heterocycles. The molecule has 0 radical (unpaired) electrons. The molecule has 0 atom stereocenters. The normalized spacial score (nSPS) is 14.2. The average molecular weight is 246 g/mol. The first kappa shape index (κ1) is 16.1. The molecule has 0 spiro atoms. The summed E-state index contributed by atoms with van der Waals surface area (Å²) in [6, 6.07) is 0. The molecule has 0 aliphatic heterocycles. The van der Waals surface area contributed by atoms with E-state index < -0.39 is 8.32 Å². The van der Waals surface area contributed by atoms with Crippen LogP contribution in [0.3, 0.4) is 0 Å². The van der Waals surface area contributed by atoms with Crippen molar-refractivity contribution in [3.05, 3.63) is 0 Å². The Morgan fingerprint density at radius 3 is 1.75 bits per heavy atom. The molecule has 2 nitrogen and oxygen atoms in total. The predicted molar refractivity (Wildman–Crippen MR) is 73.2 cm³/mol. The molecule has 16 heavy (non-hydrogen) atoms. The molecule has 0 saturated carbocycles. The Hall–Kier alpha value is 0.137. The topological polar surface area (TPSA) is 29.5 Å². The Bertz CT molecular complexity index is 192. The molecule has 98 valence electrons. The first-order valence-corrected chi connectivity index (χ1v) is 9.30. The van der Waals surface area contributed by atoms with Crippen LogP contribution in [0.5, 0.6) is 0 Å². The van der Waals surface area contributed by atoms with E-state index in [1.54, 1.807) is 0 Å². The minimum atomic E-state index is -1.67. The maximum atomic E-state index is 9.51. The highest BCUT2D eigenvalue weighted by atomic mass is 28.4. The van der Waals surface area contributed by atoms with Gasteiger partial charge in [0.25, 0.3) is 0 Å². The Balaban J connectivity index is 4.54. The third-order valence-corrected chi connectivity index (χ3v) is 8.86. The molecule has 0 rings (SSSR count). The minimum Gasteiger partial charge on any atom is -0.416 e. The molecular formula is C13H30O2Si. The van der Waals surface area contributed by atoms with Gasteiger partial charge in [-0.1, -0.05) is 34.6 Å². The van der Waals surface area contributed by atoms with Gasteiger partial charge in [-0.25, -0.2) is 0 Å². The summed E-state index contributed by atoms with van der Waals surface area (Å²) in [5, 5.41) is 9.76. The fraction of sp³-hybridized carbons (Fsp3) is 1.00. The van der Waals surface area contributed by atoms with Gasteiger partial charge < -0.3 is 9.53 Å². The van der Waals surface area contributed by atoms with Crippen molar-refractivity contribution in [1.82, 2.24) is 0 Å². The van der Waals surface area contributed by atoms with Crippen LogP contribution in [-0.2, 0) is 4.43 Å². The summed E-state index contributed by atoms with van der Waals surface area (Å²) in [5.41, 5.74) is -0.0322. The van der Waals surface area contributed by atoms with Crippen LogP contribution in [0.25, 0.3) is 0 Å². The molecule has 0 aromatic rings. The van der Waals surface area contributed by atoms with Crippen LogP contribution in [0.15, 0.2) is 0 Å². The van der Waals surface area contributed by atoms with Gasteiger partial charge in [-0.05, 0) is 31.0 Å². The first-order chi connectivity index (χ1) is 7.14. The van der Waals surface area contributed by atoms with Gasteiger partial charge in [-0.2, -0.15) is 0 Å². The zero-order valence-corrected chi connectivity index (χ0v) is 13.2. The Morgan fingerprint density at radius 2 is 1.50 bits per heavy atom. The lowest BCUT2D eigenvalue weighted by Crippen LogP contribution is -2.44. The van der Waals surface area contributed by atoms with Gasteiger partial charge in [0, 0.05) is 12.0 Å². The molecule has 0 unspecified atom stereocenters. The highest BCUT2D eigenvalue weighted by Crippen LogP contribution is 2.38. The van der Waals surface area contributed by atoms with Gasteiger partial charge in [0.2, 0.25) is 0 Å². The number of aliphatic hydroxyl groups is 1. The second-order valence-electron chi connectivity index (χ2n) is 6.41. The van der Waals surface area contributed by atoms with Crippen molar-refractivity contribution >= 4 is 8.32 Å². The van der Waals surface area contributed by atoms with E-state index in [0.717, 1.165) is 12.8 Å². The molecule has 0 aliphatic carbocycles. The van der Waals surface area contributed by atoms with E-state index >= 15 is 0 Å². The molecule has 3 heteroatoms. The van der Waals surface area contributed by atoms with E-state index in [9.17, 15) is 5.11 Å². The van der Waals surface area contributed by atoms with Crippen molar-refractivity contribution in [2.24, 2.45) is 5.41 Å². The van der Waals surface area contributed by atoms with E-state index in [1.165, 1.54) is 0 Å². The van der Waals surface area contributed by atoms with Crippen molar-refractivity contribution in [2.75, 3.05) is 13.2 Å². The summed E-state index contributed by atoms with van der Waals surface area (Å²) in [6.07, 6.45) is 1.96. The van der Waals surface area contributed by atoms with Crippen molar-refractivity contribution in [2.45, 2.75) is 65.6 Å². The molecule has 0 saturated heterocycles. The maximum absolute atomic E-state index is 9.51. The summed E-state index contributed by atoms with van der Waals surface area (Å²) in [4.78, 5) is 0. The predicted octanol–water partition coefficient (Wildman–Crippen LogP) is 3.81. The van der Waals surface area contributed by atoms with Crippen LogP contribution < -0.4 is 0 Å². The van der Waals surface area contributed by atoms with Crippen LogP contribution in [-0.4, -0.2) is 26.6 Å². The largest absolute Gasteiger partial charge is 0.416 e. The second-order valence-corrected chi connectivity index (χ2v) is 11.2. The third-order valence-electron chi connectivity index (χ3n) is 4.38. The van der Waals surface area contributed by atoms with E-state index in [1.807, 2.05) is 0 Å². The maximum Gasteiger partial charge on any atom is 0.192 e. The van der Waals surface area contributed by atoms with Crippen LogP contribution in [0.2, 0.25) is 18.1 Å². The molecule has 0 bridgehead atoms. The highest BCUT2D eigenvalue weighted by Gasteiger charge is 2.39. The van der Waals surface area contributed by atoms with Gasteiger partial charge in [0.1, 0.15) is 0 Å². The Labute approximate surface area is 103 Å². The molecule has 1 N–H and O–H groups in total. The molecule has 0 heterocycles. The number of hydrogen-bond donors (Lipinski definition) is 1. The van der Waals surface area contributed by atoms with E-state index in [-0.39, 0.29) is 17.1 Å². The first-order valence-electron chi connectivity index (χ1n) is 6.39. The average Bonchev–Trinajstić information content (AvgIpc) is 2.19. The monoisotopic (exact) mass is 246 g/mol. The minimum absolute atomic E-state index is 0.0322. The van der Waals surface area contributed by atoms with E-state index in [2.05, 4.69) is 47.7 Å². The fourth-order valence-corrected chi connectivity index (χ4v) is 2.37. The summed E-state index contributed by atoms with van der Waals surface area (Å²) < 4.78 is 6.21. The van der Waals surface area contributed by atoms with Gasteiger partial charge in [0.05, 0.1) is 6.61 Å². The SMILES string of the molecule is CCC(CC)(CO)CO[Si](C)(C)C(C)(C)C. The summed E-state index contributed by atoms with van der Waals surface area (Å²) in [7, 11) is -1.67. The third kappa shape index (κ3) is 3.86. The van der Waals surface area contributed by atoms with Crippen molar-refractivity contribution < 1.29 is 9.53 Å². The van der Waals surface area contributed by atoms with Gasteiger partial charge in [0.15, 0.2) is 8.32 Å². The van der Waals surface area contributed by atoms with Gasteiger partial charge in [-0.15, -0.1) is 0 Å². The molecule has 0 fully saturated rings. The summed E-state index contributed by atoms with van der Waals surface area (Å²) >= 11 is 0. The zero-order chi connectivity index (χ0) is 13.0. The van der Waals surface area contributed by atoms with Gasteiger partial charge >= 0.3 is 0 Å². The number of hydrogen-bond acceptors (Lipinski definition) is 2. The summed E-state index contributed by atoms with van der Waals surface area (Å²) in [5.74, 6) is 0. The smallest absolute Gasteiger partial charge is 0.192 e. The van der Waals surface area contributed by atoms with Crippen LogP contribution >= 0.6 is 0 Å². The Kier molecular flexibility index (Phi) is 5.70. The van der Waals surface area contributed by atoms with Crippen molar-refractivity contribution in [3.63, 3.8) is 0 Å². The molecular weight excluding hydrogens is 216 g/mol. The van der Waals surface area contributed by atoms with Crippen LogP contribution in [0.1, 0.15) is 47.5 Å². The fourth-order valence-electron chi connectivity index (χ4n) is 1.27. The van der Waals surface area contributed by atoms with Crippen LogP contribution in [0, 0.1) is 5.41 Å². The van der Waals surface area contributed by atoms with Crippen molar-refractivity contribution in [3.8, 4) is 0 Å². The molecule has 0 amide bonds. The summed E-state index contributed by atoms with van der Waals surface area (Å²) in [6.45, 7) is 16.5. The van der Waals surface area contributed by atoms with Gasteiger partial charge in [-0.3, -0.25) is 0 Å². The van der Waals surface area contributed by atoms with E-state index in [4.69, 9.17) is 4.43 Å². The zero-order valence-electron chi connectivity index (χ0n) is 12.2. The van der Waals surface area contributed by atoms with Crippen molar-refractivity contribution in [1.29, 1.82) is 0 Å². The number of rotatable bonds is 6. The quantitative estimate of drug-likeness (QED) is 0.722. The molecule has 0 aliphatic rings. The number of aliphatic hydroxyl groups excluding tert-OH is 1.